The maximum absolute atomic E-state index is 9.75. The molecule has 1 aliphatic carbocycles. The van der Waals surface area contributed by atoms with Crippen molar-refractivity contribution < 1.29 is 5.11 Å². The Hall–Kier alpha value is -0.300. The fourth-order valence-electron chi connectivity index (χ4n) is 2.16. The third-order valence-corrected chi connectivity index (χ3v) is 3.39. The normalized spacial score (nSPS) is 34.5. The zero-order valence-electron chi connectivity index (χ0n) is 7.51. The van der Waals surface area contributed by atoms with Crippen molar-refractivity contribution >= 4 is 0 Å². The van der Waals surface area contributed by atoms with Crippen molar-refractivity contribution in [1.82, 2.24) is 0 Å². The van der Waals surface area contributed by atoms with Gasteiger partial charge in [0, 0.05) is 5.92 Å². The molecule has 1 fully saturated rings. The summed E-state index contributed by atoms with van der Waals surface area (Å²) >= 11 is 0. The van der Waals surface area contributed by atoms with E-state index in [4.69, 9.17) is 0 Å². The lowest BCUT2D eigenvalue weighted by atomic mass is 9.57. The molecule has 0 radical (unpaired) electrons. The van der Waals surface area contributed by atoms with Crippen LogP contribution >= 0.6 is 0 Å². The molecule has 2 unspecified atom stereocenters. The quantitative estimate of drug-likeness (QED) is 0.619. The summed E-state index contributed by atoms with van der Waals surface area (Å²) in [6, 6.07) is 0. The molecule has 0 heterocycles. The highest BCUT2D eigenvalue weighted by Gasteiger charge is 2.48. The molecule has 1 rings (SSSR count). The first kappa shape index (κ1) is 8.79. The van der Waals surface area contributed by atoms with E-state index in [0.29, 0.717) is 5.92 Å². The number of aliphatic hydroxyl groups is 1. The lowest BCUT2D eigenvalue weighted by Crippen LogP contribution is -2.51. The second-order valence-electron chi connectivity index (χ2n) is 3.62. The lowest BCUT2D eigenvalue weighted by Gasteiger charge is -2.51. The van der Waals surface area contributed by atoms with Gasteiger partial charge in [0.15, 0.2) is 0 Å². The topological polar surface area (TPSA) is 20.2 Å². The van der Waals surface area contributed by atoms with Crippen molar-refractivity contribution in [3.8, 4) is 0 Å². The van der Waals surface area contributed by atoms with Gasteiger partial charge in [-0.05, 0) is 24.7 Å². The molecule has 2 atom stereocenters. The second-order valence-corrected chi connectivity index (χ2v) is 3.62. The third-order valence-electron chi connectivity index (χ3n) is 3.39. The Morgan fingerprint density at radius 2 is 2.09 bits per heavy atom. The Morgan fingerprint density at radius 1 is 1.55 bits per heavy atom. The first-order valence-corrected chi connectivity index (χ1v) is 4.50. The van der Waals surface area contributed by atoms with Gasteiger partial charge in [-0.1, -0.05) is 19.9 Å². The van der Waals surface area contributed by atoms with E-state index in [1.54, 1.807) is 0 Å². The standard InChI is InChI=1S/C10H18O/c1-4-8-7-10(5-2,6-3)9(8)11/h4,8-9,11H,1,5-7H2,2-3H3. The minimum Gasteiger partial charge on any atom is -0.392 e. The highest BCUT2D eigenvalue weighted by atomic mass is 16.3. The number of hydrogen-bond acceptors (Lipinski definition) is 1. The van der Waals surface area contributed by atoms with E-state index in [1.165, 1.54) is 0 Å². The Labute approximate surface area is 69.1 Å². The second kappa shape index (κ2) is 2.98. The van der Waals surface area contributed by atoms with Gasteiger partial charge in [-0.2, -0.15) is 0 Å². The van der Waals surface area contributed by atoms with Gasteiger partial charge in [0.05, 0.1) is 6.10 Å². The molecule has 0 aromatic rings. The van der Waals surface area contributed by atoms with Crippen LogP contribution in [0.4, 0.5) is 0 Å². The molecule has 0 aromatic heterocycles. The van der Waals surface area contributed by atoms with Crippen molar-refractivity contribution in [2.45, 2.75) is 39.2 Å². The first-order chi connectivity index (χ1) is 5.20. The molecule has 0 spiro atoms. The van der Waals surface area contributed by atoms with Crippen molar-refractivity contribution in [2.24, 2.45) is 11.3 Å². The molecule has 1 saturated carbocycles. The molecule has 64 valence electrons. The van der Waals surface area contributed by atoms with E-state index in [2.05, 4.69) is 20.4 Å². The molecular formula is C10H18O. The van der Waals surface area contributed by atoms with Gasteiger partial charge in [-0.3, -0.25) is 0 Å². The van der Waals surface area contributed by atoms with Crippen LogP contribution in [0.25, 0.3) is 0 Å². The van der Waals surface area contributed by atoms with E-state index in [0.717, 1.165) is 19.3 Å². The van der Waals surface area contributed by atoms with Crippen LogP contribution in [0, 0.1) is 11.3 Å². The maximum Gasteiger partial charge on any atom is 0.0659 e. The van der Waals surface area contributed by atoms with Crippen molar-refractivity contribution in [3.63, 3.8) is 0 Å². The average Bonchev–Trinajstić information content (AvgIpc) is 2.05. The monoisotopic (exact) mass is 154 g/mol. The first-order valence-electron chi connectivity index (χ1n) is 4.50. The number of rotatable bonds is 3. The van der Waals surface area contributed by atoms with E-state index < -0.39 is 0 Å². The SMILES string of the molecule is C=CC1CC(CC)(CC)C1O. The minimum absolute atomic E-state index is 0.130. The van der Waals surface area contributed by atoms with E-state index in [-0.39, 0.29) is 11.5 Å². The summed E-state index contributed by atoms with van der Waals surface area (Å²) in [7, 11) is 0. The lowest BCUT2D eigenvalue weighted by molar-refractivity contribution is -0.106. The minimum atomic E-state index is -0.130. The van der Waals surface area contributed by atoms with Gasteiger partial charge in [0.25, 0.3) is 0 Å². The molecule has 0 bridgehead atoms. The van der Waals surface area contributed by atoms with Crippen LogP contribution < -0.4 is 0 Å². The van der Waals surface area contributed by atoms with E-state index >= 15 is 0 Å². The summed E-state index contributed by atoms with van der Waals surface area (Å²) in [4.78, 5) is 0. The summed E-state index contributed by atoms with van der Waals surface area (Å²) < 4.78 is 0. The van der Waals surface area contributed by atoms with Crippen LogP contribution in [0.15, 0.2) is 12.7 Å². The van der Waals surface area contributed by atoms with Gasteiger partial charge in [0.1, 0.15) is 0 Å². The van der Waals surface area contributed by atoms with Crippen LogP contribution in [0.2, 0.25) is 0 Å². The van der Waals surface area contributed by atoms with Gasteiger partial charge < -0.3 is 5.11 Å². The molecule has 1 heteroatoms. The number of aliphatic hydroxyl groups excluding tert-OH is 1. The fourth-order valence-corrected chi connectivity index (χ4v) is 2.16. The summed E-state index contributed by atoms with van der Waals surface area (Å²) in [5.41, 5.74) is 0.221. The fraction of sp³-hybridized carbons (Fsp3) is 0.800. The Kier molecular flexibility index (Phi) is 2.38. The summed E-state index contributed by atoms with van der Waals surface area (Å²) in [5, 5.41) is 9.75. The van der Waals surface area contributed by atoms with E-state index in [1.807, 2.05) is 6.08 Å². The average molecular weight is 154 g/mol. The van der Waals surface area contributed by atoms with Gasteiger partial charge >= 0.3 is 0 Å². The molecule has 1 N–H and O–H groups in total. The van der Waals surface area contributed by atoms with E-state index in [9.17, 15) is 5.11 Å². The van der Waals surface area contributed by atoms with Crippen LogP contribution in [-0.4, -0.2) is 11.2 Å². The van der Waals surface area contributed by atoms with Crippen LogP contribution in [0.5, 0.6) is 0 Å². The molecule has 0 aromatic carbocycles. The van der Waals surface area contributed by atoms with Gasteiger partial charge in [-0.25, -0.2) is 0 Å². The third kappa shape index (κ3) is 1.12. The largest absolute Gasteiger partial charge is 0.392 e. The number of hydrogen-bond donors (Lipinski definition) is 1. The van der Waals surface area contributed by atoms with Crippen molar-refractivity contribution in [1.29, 1.82) is 0 Å². The molecule has 0 amide bonds. The van der Waals surface area contributed by atoms with Crippen LogP contribution in [0.1, 0.15) is 33.1 Å². The van der Waals surface area contributed by atoms with Crippen LogP contribution in [-0.2, 0) is 0 Å². The van der Waals surface area contributed by atoms with Gasteiger partial charge in [0.2, 0.25) is 0 Å². The molecule has 11 heavy (non-hydrogen) atoms. The molecule has 0 aliphatic heterocycles. The zero-order chi connectivity index (χ0) is 8.48. The molecule has 1 nitrogen and oxygen atoms in total. The Bertz CT molecular complexity index is 147. The maximum atomic E-state index is 9.75. The van der Waals surface area contributed by atoms with Gasteiger partial charge in [-0.15, -0.1) is 6.58 Å². The molecule has 1 aliphatic rings. The Balaban J connectivity index is 2.58. The predicted molar refractivity (Wildman–Crippen MR) is 47.3 cm³/mol. The zero-order valence-corrected chi connectivity index (χ0v) is 7.51. The molecular weight excluding hydrogens is 136 g/mol. The Morgan fingerprint density at radius 3 is 2.36 bits per heavy atom. The highest BCUT2D eigenvalue weighted by Crippen LogP contribution is 2.50. The van der Waals surface area contributed by atoms with Crippen LogP contribution in [0.3, 0.4) is 0 Å². The summed E-state index contributed by atoms with van der Waals surface area (Å²) in [5.74, 6) is 0.356. The van der Waals surface area contributed by atoms with Crippen molar-refractivity contribution in [2.75, 3.05) is 0 Å². The highest BCUT2D eigenvalue weighted by molar-refractivity contribution is 5.06. The summed E-state index contributed by atoms with van der Waals surface area (Å²) in [6.45, 7) is 8.02. The molecule has 0 saturated heterocycles. The predicted octanol–water partition coefficient (Wildman–Crippen LogP) is 2.36. The smallest absolute Gasteiger partial charge is 0.0659 e. The van der Waals surface area contributed by atoms with Crippen molar-refractivity contribution in [3.05, 3.63) is 12.7 Å². The summed E-state index contributed by atoms with van der Waals surface area (Å²) in [6.07, 6.45) is 5.07.